The molecule has 3 aromatic rings. The molecule has 0 heterocycles. The first-order valence-electron chi connectivity index (χ1n) is 10.0. The average Bonchev–Trinajstić information content (AvgIpc) is 2.76. The number of amides is 1. The fourth-order valence-electron chi connectivity index (χ4n) is 3.28. The normalized spacial score (nSPS) is 11.3. The van der Waals surface area contributed by atoms with Crippen LogP contribution in [-0.4, -0.2) is 39.5 Å². The Hall–Kier alpha value is -2.58. The highest BCUT2D eigenvalue weighted by Gasteiger charge is 2.23. The summed E-state index contributed by atoms with van der Waals surface area (Å²) in [5.41, 5.74) is 1.53. The summed E-state index contributed by atoms with van der Waals surface area (Å²) >= 11 is 12.3. The first-order chi connectivity index (χ1) is 15.7. The van der Waals surface area contributed by atoms with Crippen LogP contribution < -0.4 is 4.18 Å². The number of carbonyl (C=O) groups is 1. The number of benzene rings is 3. The van der Waals surface area contributed by atoms with Crippen molar-refractivity contribution < 1.29 is 22.1 Å². The topological polar surface area (TPSA) is 72.9 Å². The predicted octanol–water partition coefficient (Wildman–Crippen LogP) is 5.36. The van der Waals surface area contributed by atoms with Crippen LogP contribution in [0.3, 0.4) is 0 Å². The molecule has 0 aromatic heterocycles. The molecule has 0 fully saturated rings. The van der Waals surface area contributed by atoms with Gasteiger partial charge in [-0.3, -0.25) is 4.79 Å². The Labute approximate surface area is 203 Å². The summed E-state index contributed by atoms with van der Waals surface area (Å²) in [4.78, 5) is 14.6. The molecule has 6 nitrogen and oxygen atoms in total. The zero-order chi connectivity index (χ0) is 24.0. The van der Waals surface area contributed by atoms with E-state index in [1.807, 2.05) is 0 Å². The number of carbonyl (C=O) groups excluding carboxylic acids is 1. The summed E-state index contributed by atoms with van der Waals surface area (Å²) in [7, 11) is -2.60. The van der Waals surface area contributed by atoms with Gasteiger partial charge in [-0.25, -0.2) is 0 Å². The molecule has 0 spiro atoms. The fourth-order valence-corrected chi connectivity index (χ4v) is 5.21. The molecule has 0 unspecified atom stereocenters. The van der Waals surface area contributed by atoms with Crippen molar-refractivity contribution in [3.05, 3.63) is 93.5 Å². The number of aryl methyl sites for hydroxylation is 1. The standard InChI is InChI=1S/C24H23Cl2NO5S/c1-17-7-5-12-22(26)23(17)33(29,30)32-19-9-6-8-18(15-19)16-27(13-14-31-2)24(28)20-10-3-4-11-21(20)25/h3-12,15H,13-14,16H2,1-2H3. The van der Waals surface area contributed by atoms with E-state index >= 15 is 0 Å². The molecular weight excluding hydrogens is 485 g/mol. The van der Waals surface area contributed by atoms with Crippen LogP contribution in [0, 0.1) is 6.92 Å². The molecule has 3 rings (SSSR count). The van der Waals surface area contributed by atoms with E-state index in [0.29, 0.717) is 34.9 Å². The van der Waals surface area contributed by atoms with Gasteiger partial charge in [0.15, 0.2) is 0 Å². The largest absolute Gasteiger partial charge is 0.383 e. The van der Waals surface area contributed by atoms with Gasteiger partial charge in [0.1, 0.15) is 10.6 Å². The maximum atomic E-state index is 13.1. The van der Waals surface area contributed by atoms with E-state index in [4.69, 9.17) is 32.1 Å². The number of ether oxygens (including phenoxy) is 1. The molecule has 9 heteroatoms. The molecule has 0 saturated carbocycles. The Bertz CT molecular complexity index is 1230. The average molecular weight is 508 g/mol. The quantitative estimate of drug-likeness (QED) is 0.364. The summed E-state index contributed by atoms with van der Waals surface area (Å²) in [6.45, 7) is 2.50. The molecule has 1 amide bonds. The Morgan fingerprint density at radius 2 is 1.67 bits per heavy atom. The van der Waals surface area contributed by atoms with Crippen molar-refractivity contribution in [1.29, 1.82) is 0 Å². The van der Waals surface area contributed by atoms with Gasteiger partial charge >= 0.3 is 10.1 Å². The summed E-state index contributed by atoms with van der Waals surface area (Å²) < 4.78 is 36.2. The molecule has 3 aromatic carbocycles. The molecule has 0 aliphatic rings. The van der Waals surface area contributed by atoms with E-state index in [0.717, 1.165) is 0 Å². The number of hydrogen-bond acceptors (Lipinski definition) is 5. The van der Waals surface area contributed by atoms with Gasteiger partial charge in [-0.05, 0) is 48.4 Å². The number of hydrogen-bond donors (Lipinski definition) is 0. The van der Waals surface area contributed by atoms with Gasteiger partial charge < -0.3 is 13.8 Å². The molecule has 0 atom stereocenters. The van der Waals surface area contributed by atoms with Crippen molar-refractivity contribution in [3.63, 3.8) is 0 Å². The second-order valence-corrected chi connectivity index (χ2v) is 9.57. The predicted molar refractivity (Wildman–Crippen MR) is 129 cm³/mol. The van der Waals surface area contributed by atoms with Crippen LogP contribution in [0.1, 0.15) is 21.5 Å². The lowest BCUT2D eigenvalue weighted by Gasteiger charge is -2.23. The summed E-state index contributed by atoms with van der Waals surface area (Å²) in [5.74, 6) is -0.146. The summed E-state index contributed by atoms with van der Waals surface area (Å²) in [6.07, 6.45) is 0. The number of halogens is 2. The molecule has 0 saturated heterocycles. The molecule has 0 aliphatic carbocycles. The van der Waals surface area contributed by atoms with Crippen LogP contribution in [-0.2, 0) is 21.4 Å². The smallest absolute Gasteiger partial charge is 0.340 e. The van der Waals surface area contributed by atoms with Crippen molar-refractivity contribution in [2.24, 2.45) is 0 Å². The number of methoxy groups -OCH3 is 1. The first kappa shape index (κ1) is 25.1. The minimum atomic E-state index is -4.15. The number of rotatable bonds is 9. The third-order valence-corrected chi connectivity index (χ3v) is 7.06. The summed E-state index contributed by atoms with van der Waals surface area (Å²) in [5, 5.41) is 0.436. The van der Waals surface area contributed by atoms with E-state index in [2.05, 4.69) is 0 Å². The van der Waals surface area contributed by atoms with E-state index < -0.39 is 10.1 Å². The second kappa shape index (κ2) is 11.0. The van der Waals surface area contributed by atoms with E-state index in [-0.39, 0.29) is 28.1 Å². The van der Waals surface area contributed by atoms with Crippen molar-refractivity contribution in [2.45, 2.75) is 18.4 Å². The van der Waals surface area contributed by atoms with Gasteiger partial charge in [0.25, 0.3) is 5.91 Å². The van der Waals surface area contributed by atoms with Crippen molar-refractivity contribution in [1.82, 2.24) is 4.90 Å². The maximum Gasteiger partial charge on any atom is 0.340 e. The monoisotopic (exact) mass is 507 g/mol. The molecule has 0 bridgehead atoms. The minimum absolute atomic E-state index is 0.0762. The molecule has 0 N–H and O–H groups in total. The third kappa shape index (κ3) is 6.26. The van der Waals surface area contributed by atoms with E-state index in [1.54, 1.807) is 73.5 Å². The van der Waals surface area contributed by atoms with E-state index in [1.165, 1.54) is 12.1 Å². The van der Waals surface area contributed by atoms with Crippen LogP contribution in [0.4, 0.5) is 0 Å². The highest BCUT2D eigenvalue weighted by Crippen LogP contribution is 2.28. The number of nitrogens with zero attached hydrogens (tertiary/aromatic N) is 1. The van der Waals surface area contributed by atoms with Crippen molar-refractivity contribution in [2.75, 3.05) is 20.3 Å². The Morgan fingerprint density at radius 1 is 0.970 bits per heavy atom. The van der Waals surface area contributed by atoms with E-state index in [9.17, 15) is 13.2 Å². The van der Waals surface area contributed by atoms with Crippen molar-refractivity contribution in [3.8, 4) is 5.75 Å². The zero-order valence-corrected chi connectivity index (χ0v) is 20.5. The Balaban J connectivity index is 1.85. The molecule has 0 radical (unpaired) electrons. The Morgan fingerprint density at radius 3 is 2.36 bits per heavy atom. The van der Waals surface area contributed by atoms with Crippen LogP contribution in [0.15, 0.2) is 71.6 Å². The van der Waals surface area contributed by atoms with Crippen LogP contribution in [0.25, 0.3) is 0 Å². The van der Waals surface area contributed by atoms with Crippen LogP contribution in [0.2, 0.25) is 10.0 Å². The first-order valence-corrected chi connectivity index (χ1v) is 12.2. The lowest BCUT2D eigenvalue weighted by molar-refractivity contribution is 0.0680. The molecular formula is C24H23Cl2NO5S. The zero-order valence-electron chi connectivity index (χ0n) is 18.1. The minimum Gasteiger partial charge on any atom is -0.383 e. The SMILES string of the molecule is COCCN(Cc1cccc(OS(=O)(=O)c2c(C)cccc2Cl)c1)C(=O)c1ccccc1Cl. The van der Waals surface area contributed by atoms with Gasteiger partial charge in [-0.15, -0.1) is 0 Å². The van der Waals surface area contributed by atoms with Gasteiger partial charge in [0.2, 0.25) is 0 Å². The lowest BCUT2D eigenvalue weighted by atomic mass is 10.1. The fraction of sp³-hybridized carbons (Fsp3) is 0.208. The Kier molecular flexibility index (Phi) is 8.37. The van der Waals surface area contributed by atoms with Gasteiger partial charge in [0, 0.05) is 20.2 Å². The van der Waals surface area contributed by atoms with Crippen LogP contribution in [0.5, 0.6) is 5.75 Å². The summed E-state index contributed by atoms with van der Waals surface area (Å²) in [6, 6.07) is 18.1. The molecule has 0 aliphatic heterocycles. The van der Waals surface area contributed by atoms with Gasteiger partial charge in [-0.2, -0.15) is 8.42 Å². The molecule has 174 valence electrons. The van der Waals surface area contributed by atoms with Gasteiger partial charge in [-0.1, -0.05) is 59.6 Å². The van der Waals surface area contributed by atoms with Crippen molar-refractivity contribution >= 4 is 39.2 Å². The third-order valence-electron chi connectivity index (χ3n) is 4.85. The van der Waals surface area contributed by atoms with Gasteiger partial charge in [0.05, 0.1) is 22.2 Å². The highest BCUT2D eigenvalue weighted by atomic mass is 35.5. The maximum absolute atomic E-state index is 13.1. The second-order valence-electron chi connectivity index (χ2n) is 7.27. The van der Waals surface area contributed by atoms with Crippen LogP contribution >= 0.6 is 23.2 Å². The highest BCUT2D eigenvalue weighted by molar-refractivity contribution is 7.87. The lowest BCUT2D eigenvalue weighted by Crippen LogP contribution is -2.33. The molecule has 33 heavy (non-hydrogen) atoms.